The molecule has 25 heavy (non-hydrogen) atoms. The van der Waals surface area contributed by atoms with Gasteiger partial charge in [0.1, 0.15) is 0 Å². The summed E-state index contributed by atoms with van der Waals surface area (Å²) in [5.74, 6) is -0.128. The van der Waals surface area contributed by atoms with E-state index in [0.29, 0.717) is 12.8 Å². The highest BCUT2D eigenvalue weighted by Crippen LogP contribution is 2.24. The summed E-state index contributed by atoms with van der Waals surface area (Å²) < 4.78 is 23.6. The molecule has 0 fully saturated rings. The second-order valence-electron chi connectivity index (χ2n) is 6.31. The van der Waals surface area contributed by atoms with Crippen molar-refractivity contribution in [2.24, 2.45) is 0 Å². The molecule has 5 heteroatoms. The van der Waals surface area contributed by atoms with Crippen molar-refractivity contribution in [1.29, 1.82) is 0 Å². The Morgan fingerprint density at radius 1 is 1.08 bits per heavy atom. The van der Waals surface area contributed by atoms with Gasteiger partial charge in [0.2, 0.25) is 5.91 Å². The van der Waals surface area contributed by atoms with Crippen molar-refractivity contribution in [2.45, 2.75) is 25.8 Å². The van der Waals surface area contributed by atoms with E-state index in [2.05, 4.69) is 0 Å². The molecular weight excluding hydrogens is 334 g/mol. The summed E-state index contributed by atoms with van der Waals surface area (Å²) in [6, 6.07) is 17.0. The molecule has 1 aliphatic heterocycles. The Labute approximate surface area is 148 Å². The van der Waals surface area contributed by atoms with E-state index in [1.807, 2.05) is 61.5 Å². The average Bonchev–Trinajstić information content (AvgIpc) is 2.95. The van der Waals surface area contributed by atoms with Crippen LogP contribution >= 0.6 is 0 Å². The Kier molecular flexibility index (Phi) is 5.04. The van der Waals surface area contributed by atoms with Gasteiger partial charge in [-0.05, 0) is 37.1 Å². The minimum atomic E-state index is -3.23. The second kappa shape index (κ2) is 7.23. The van der Waals surface area contributed by atoms with Crippen LogP contribution in [0.2, 0.25) is 0 Å². The molecule has 2 aromatic carbocycles. The van der Waals surface area contributed by atoms with Gasteiger partial charge >= 0.3 is 0 Å². The number of rotatable bonds is 5. The summed E-state index contributed by atoms with van der Waals surface area (Å²) in [4.78, 5) is 14.5. The van der Waals surface area contributed by atoms with Crippen LogP contribution < -0.4 is 4.90 Å². The molecule has 2 aromatic rings. The molecule has 0 bridgehead atoms. The fourth-order valence-electron chi connectivity index (χ4n) is 2.96. The molecule has 0 saturated carbocycles. The predicted molar refractivity (Wildman–Crippen MR) is 100 cm³/mol. The maximum Gasteiger partial charge on any atom is 0.227 e. The molecule has 0 aromatic heterocycles. The van der Waals surface area contributed by atoms with E-state index in [0.717, 1.165) is 16.8 Å². The lowest BCUT2D eigenvalue weighted by molar-refractivity contribution is -0.118. The van der Waals surface area contributed by atoms with E-state index in [4.69, 9.17) is 0 Å². The predicted octanol–water partition coefficient (Wildman–Crippen LogP) is 3.27. The van der Waals surface area contributed by atoms with Crippen LogP contribution in [0.1, 0.15) is 17.5 Å². The number of nitrogens with zero attached hydrogens (tertiary/aromatic N) is 1. The summed E-state index contributed by atoms with van der Waals surface area (Å²) in [5.41, 5.74) is 2.92. The van der Waals surface area contributed by atoms with Gasteiger partial charge < -0.3 is 4.90 Å². The third-order valence-corrected chi connectivity index (χ3v) is 5.67. The number of anilines is 1. The Bertz CT molecular complexity index is 871. The fourth-order valence-corrected chi connectivity index (χ4v) is 4.23. The third kappa shape index (κ3) is 4.37. The SMILES string of the molecule is Cc1ccc(N(C(=O)CCc2ccccc2)C2C=CS(=O)(=O)C2)cc1. The molecule has 1 unspecified atom stereocenters. The number of carbonyl (C=O) groups is 1. The fraction of sp³-hybridized carbons (Fsp3) is 0.250. The van der Waals surface area contributed by atoms with E-state index < -0.39 is 15.9 Å². The second-order valence-corrected chi connectivity index (χ2v) is 8.24. The molecule has 0 aliphatic carbocycles. The number of carbonyl (C=O) groups excluding carboxylic acids is 1. The minimum Gasteiger partial charge on any atom is -0.304 e. The third-order valence-electron chi connectivity index (χ3n) is 4.29. The van der Waals surface area contributed by atoms with Crippen LogP contribution in [0, 0.1) is 6.92 Å². The highest BCUT2D eigenvalue weighted by Gasteiger charge is 2.31. The molecular formula is C20H21NO3S. The lowest BCUT2D eigenvalue weighted by atomic mass is 10.1. The van der Waals surface area contributed by atoms with E-state index in [9.17, 15) is 13.2 Å². The first-order chi connectivity index (χ1) is 11.9. The maximum absolute atomic E-state index is 12.9. The number of hydrogen-bond acceptors (Lipinski definition) is 3. The Hall–Kier alpha value is -2.40. The smallest absolute Gasteiger partial charge is 0.227 e. The first-order valence-corrected chi connectivity index (χ1v) is 10.00. The lowest BCUT2D eigenvalue weighted by Crippen LogP contribution is -2.41. The Morgan fingerprint density at radius 2 is 1.76 bits per heavy atom. The molecule has 1 heterocycles. The molecule has 130 valence electrons. The topological polar surface area (TPSA) is 54.5 Å². The zero-order valence-corrected chi connectivity index (χ0v) is 14.9. The van der Waals surface area contributed by atoms with Gasteiger partial charge in [0.05, 0.1) is 11.8 Å². The van der Waals surface area contributed by atoms with Crippen molar-refractivity contribution >= 4 is 21.4 Å². The zero-order valence-electron chi connectivity index (χ0n) is 14.1. The zero-order chi connectivity index (χ0) is 17.9. The standard InChI is InChI=1S/C20H21NO3S/c1-16-7-10-18(11-8-16)21(19-13-14-25(23,24)15-19)20(22)12-9-17-5-3-2-4-6-17/h2-8,10-11,13-14,19H,9,12,15H2,1H3. The molecule has 3 rings (SSSR count). The van der Waals surface area contributed by atoms with Crippen molar-refractivity contribution < 1.29 is 13.2 Å². The highest BCUT2D eigenvalue weighted by molar-refractivity contribution is 7.94. The van der Waals surface area contributed by atoms with Gasteiger partial charge in [0, 0.05) is 17.5 Å². The van der Waals surface area contributed by atoms with Gasteiger partial charge in [0.15, 0.2) is 9.84 Å². The number of benzene rings is 2. The molecule has 1 atom stereocenters. The van der Waals surface area contributed by atoms with Crippen LogP contribution in [0.25, 0.3) is 0 Å². The van der Waals surface area contributed by atoms with Gasteiger partial charge in [0.25, 0.3) is 0 Å². The van der Waals surface area contributed by atoms with Crippen LogP contribution in [0.5, 0.6) is 0 Å². The Morgan fingerprint density at radius 3 is 2.36 bits per heavy atom. The van der Waals surface area contributed by atoms with Gasteiger partial charge in [-0.15, -0.1) is 0 Å². The summed E-state index contributed by atoms with van der Waals surface area (Å²) in [7, 11) is -3.23. The number of hydrogen-bond donors (Lipinski definition) is 0. The molecule has 0 spiro atoms. The van der Waals surface area contributed by atoms with Crippen LogP contribution in [0.3, 0.4) is 0 Å². The minimum absolute atomic E-state index is 0.0576. The Balaban J connectivity index is 1.82. The molecule has 1 amide bonds. The van der Waals surface area contributed by atoms with Crippen molar-refractivity contribution in [1.82, 2.24) is 0 Å². The summed E-state index contributed by atoms with van der Waals surface area (Å²) in [5, 5.41) is 1.21. The van der Waals surface area contributed by atoms with Gasteiger partial charge in [-0.2, -0.15) is 0 Å². The molecule has 0 N–H and O–H groups in total. The van der Waals surface area contributed by atoms with Crippen molar-refractivity contribution in [3.63, 3.8) is 0 Å². The van der Waals surface area contributed by atoms with Crippen LogP contribution in [-0.4, -0.2) is 26.1 Å². The quantitative estimate of drug-likeness (QED) is 0.827. The highest BCUT2D eigenvalue weighted by atomic mass is 32.2. The van der Waals surface area contributed by atoms with E-state index >= 15 is 0 Å². The largest absolute Gasteiger partial charge is 0.304 e. The maximum atomic E-state index is 12.9. The van der Waals surface area contributed by atoms with E-state index in [-0.39, 0.29) is 11.7 Å². The van der Waals surface area contributed by atoms with Crippen LogP contribution in [0.4, 0.5) is 5.69 Å². The van der Waals surface area contributed by atoms with Crippen molar-refractivity contribution in [2.75, 3.05) is 10.7 Å². The molecule has 4 nitrogen and oxygen atoms in total. The van der Waals surface area contributed by atoms with Gasteiger partial charge in [-0.3, -0.25) is 4.79 Å². The summed E-state index contributed by atoms with van der Waals surface area (Å²) >= 11 is 0. The van der Waals surface area contributed by atoms with E-state index in [1.54, 1.807) is 11.0 Å². The molecule has 0 saturated heterocycles. The summed E-state index contributed by atoms with van der Waals surface area (Å²) in [6.45, 7) is 1.98. The number of aryl methyl sites for hydroxylation is 2. The number of sulfone groups is 1. The first-order valence-electron chi connectivity index (χ1n) is 8.28. The van der Waals surface area contributed by atoms with Crippen LogP contribution in [0.15, 0.2) is 66.1 Å². The molecule has 1 aliphatic rings. The van der Waals surface area contributed by atoms with Gasteiger partial charge in [-0.25, -0.2) is 8.42 Å². The summed E-state index contributed by atoms with van der Waals surface area (Å²) in [6.07, 6.45) is 2.57. The van der Waals surface area contributed by atoms with Gasteiger partial charge in [-0.1, -0.05) is 48.0 Å². The number of amides is 1. The van der Waals surface area contributed by atoms with Crippen molar-refractivity contribution in [3.05, 3.63) is 77.2 Å². The normalized spacial score (nSPS) is 18.2. The van der Waals surface area contributed by atoms with Crippen molar-refractivity contribution in [3.8, 4) is 0 Å². The lowest BCUT2D eigenvalue weighted by Gasteiger charge is -2.28. The first kappa shape index (κ1) is 17.4. The molecule has 0 radical (unpaired) electrons. The van der Waals surface area contributed by atoms with Crippen LogP contribution in [-0.2, 0) is 21.1 Å². The average molecular weight is 355 g/mol. The monoisotopic (exact) mass is 355 g/mol. The van der Waals surface area contributed by atoms with E-state index in [1.165, 1.54) is 5.41 Å².